The lowest BCUT2D eigenvalue weighted by Crippen LogP contribution is -2.46. The summed E-state index contributed by atoms with van der Waals surface area (Å²) in [6.07, 6.45) is 5.91. The molecule has 6 nitrogen and oxygen atoms in total. The van der Waals surface area contributed by atoms with Crippen molar-refractivity contribution in [1.29, 1.82) is 0 Å². The van der Waals surface area contributed by atoms with Gasteiger partial charge in [0.15, 0.2) is 0 Å². The number of amides is 1. The second-order valence-electron chi connectivity index (χ2n) is 6.02. The molecule has 0 aliphatic heterocycles. The molecule has 1 amide bonds. The summed E-state index contributed by atoms with van der Waals surface area (Å²) in [4.78, 5) is 22.4. The number of rotatable bonds is 6. The number of nitrogens with one attached hydrogen (secondary N) is 1. The number of hydrogen-bond acceptors (Lipinski definition) is 4. The molecule has 0 spiro atoms. The van der Waals surface area contributed by atoms with E-state index in [1.807, 2.05) is 0 Å². The van der Waals surface area contributed by atoms with E-state index in [2.05, 4.69) is 5.32 Å². The molecule has 1 aliphatic carbocycles. The number of carbonyl (C=O) groups excluding carboxylic acids is 1. The second kappa shape index (κ2) is 9.81. The summed E-state index contributed by atoms with van der Waals surface area (Å²) >= 11 is 6.03. The van der Waals surface area contributed by atoms with E-state index in [-0.39, 0.29) is 41.5 Å². The van der Waals surface area contributed by atoms with Crippen LogP contribution in [0, 0.1) is 16.0 Å². The number of nitrogens with zero attached hydrogens (tertiary/aromatic N) is 1. The number of benzene rings is 1. The summed E-state index contributed by atoms with van der Waals surface area (Å²) in [6.45, 7) is 0.421. The highest BCUT2D eigenvalue weighted by atomic mass is 35.5. The minimum atomic E-state index is -0.511. The zero-order valence-electron chi connectivity index (χ0n) is 13.4. The highest BCUT2D eigenvalue weighted by Gasteiger charge is 2.24. The molecular formula is C16H23Cl2N3O3. The van der Waals surface area contributed by atoms with Crippen molar-refractivity contribution in [2.75, 3.05) is 6.54 Å². The van der Waals surface area contributed by atoms with Crippen molar-refractivity contribution >= 4 is 35.6 Å². The molecule has 0 heterocycles. The molecule has 1 atom stereocenters. The van der Waals surface area contributed by atoms with Crippen molar-refractivity contribution < 1.29 is 9.72 Å². The molecule has 1 aromatic rings. The standard InChI is InChI=1S/C16H22ClN3O3.ClH/c17-14-9-13(20(22)23)7-6-12(14)8-16(21)19-15(10-18)11-4-2-1-3-5-11;/h6-7,9,11,15H,1-5,8,10,18H2,(H,19,21);1H. The van der Waals surface area contributed by atoms with Gasteiger partial charge < -0.3 is 11.1 Å². The minimum Gasteiger partial charge on any atom is -0.352 e. The van der Waals surface area contributed by atoms with Gasteiger partial charge in [0.1, 0.15) is 0 Å². The highest BCUT2D eigenvalue weighted by molar-refractivity contribution is 6.31. The van der Waals surface area contributed by atoms with Gasteiger partial charge in [-0.2, -0.15) is 0 Å². The number of nitro benzene ring substituents is 1. The van der Waals surface area contributed by atoms with Crippen LogP contribution in [0.15, 0.2) is 18.2 Å². The average Bonchev–Trinajstić information content (AvgIpc) is 2.55. The first-order valence-corrected chi connectivity index (χ1v) is 8.31. The summed E-state index contributed by atoms with van der Waals surface area (Å²) in [5.41, 5.74) is 6.31. The lowest BCUT2D eigenvalue weighted by Gasteiger charge is -2.30. The monoisotopic (exact) mass is 375 g/mol. The third-order valence-corrected chi connectivity index (χ3v) is 4.77. The van der Waals surface area contributed by atoms with E-state index in [4.69, 9.17) is 17.3 Å². The van der Waals surface area contributed by atoms with Crippen molar-refractivity contribution in [3.63, 3.8) is 0 Å². The van der Waals surface area contributed by atoms with Gasteiger partial charge in [-0.25, -0.2) is 0 Å². The third-order valence-electron chi connectivity index (χ3n) is 4.42. The Kier molecular flexibility index (Phi) is 8.45. The van der Waals surface area contributed by atoms with E-state index in [1.54, 1.807) is 0 Å². The van der Waals surface area contributed by atoms with Gasteiger partial charge in [-0.05, 0) is 24.3 Å². The number of nitro groups is 1. The predicted octanol–water partition coefficient (Wildman–Crippen LogP) is 3.24. The summed E-state index contributed by atoms with van der Waals surface area (Å²) < 4.78 is 0. The van der Waals surface area contributed by atoms with Crippen molar-refractivity contribution in [3.05, 3.63) is 38.9 Å². The molecule has 8 heteroatoms. The zero-order valence-corrected chi connectivity index (χ0v) is 14.9. The first-order chi connectivity index (χ1) is 11.0. The van der Waals surface area contributed by atoms with Crippen LogP contribution in [-0.2, 0) is 11.2 Å². The predicted molar refractivity (Wildman–Crippen MR) is 96.6 cm³/mol. The molecule has 1 fully saturated rings. The quantitative estimate of drug-likeness (QED) is 0.588. The largest absolute Gasteiger partial charge is 0.352 e. The maximum Gasteiger partial charge on any atom is 0.270 e. The Balaban J connectivity index is 0.00000288. The van der Waals surface area contributed by atoms with E-state index in [0.29, 0.717) is 18.0 Å². The van der Waals surface area contributed by atoms with E-state index >= 15 is 0 Å². The Labute approximate surface area is 152 Å². The Morgan fingerprint density at radius 3 is 2.58 bits per heavy atom. The topological polar surface area (TPSA) is 98.3 Å². The van der Waals surface area contributed by atoms with Crippen LogP contribution >= 0.6 is 24.0 Å². The smallest absolute Gasteiger partial charge is 0.270 e. The van der Waals surface area contributed by atoms with Gasteiger partial charge in [-0.15, -0.1) is 12.4 Å². The van der Waals surface area contributed by atoms with E-state index in [9.17, 15) is 14.9 Å². The maximum atomic E-state index is 12.2. The number of nitrogens with two attached hydrogens (primary N) is 1. The highest BCUT2D eigenvalue weighted by Crippen LogP contribution is 2.26. The zero-order chi connectivity index (χ0) is 16.8. The van der Waals surface area contributed by atoms with Crippen LogP contribution in [0.3, 0.4) is 0 Å². The van der Waals surface area contributed by atoms with Crippen molar-refractivity contribution in [3.8, 4) is 0 Å². The van der Waals surface area contributed by atoms with E-state index in [0.717, 1.165) is 12.8 Å². The fourth-order valence-electron chi connectivity index (χ4n) is 3.13. The molecule has 0 saturated heterocycles. The van der Waals surface area contributed by atoms with Gasteiger partial charge in [0.2, 0.25) is 5.91 Å². The normalized spacial score (nSPS) is 16.1. The molecule has 0 radical (unpaired) electrons. The average molecular weight is 376 g/mol. The summed E-state index contributed by atoms with van der Waals surface area (Å²) in [5.74, 6) is 0.284. The Bertz CT molecular complexity index is 578. The molecule has 2 rings (SSSR count). The van der Waals surface area contributed by atoms with Crippen LogP contribution in [0.5, 0.6) is 0 Å². The molecule has 1 unspecified atom stereocenters. The van der Waals surface area contributed by atoms with Gasteiger partial charge in [0.25, 0.3) is 5.69 Å². The lowest BCUT2D eigenvalue weighted by molar-refractivity contribution is -0.384. The van der Waals surface area contributed by atoms with Crippen LogP contribution in [-0.4, -0.2) is 23.4 Å². The van der Waals surface area contributed by atoms with Gasteiger partial charge in [0.05, 0.1) is 16.4 Å². The Hall–Kier alpha value is -1.37. The van der Waals surface area contributed by atoms with E-state index in [1.165, 1.54) is 37.5 Å². The van der Waals surface area contributed by atoms with E-state index < -0.39 is 4.92 Å². The molecule has 3 N–H and O–H groups in total. The number of hydrogen-bond donors (Lipinski definition) is 2. The molecule has 0 bridgehead atoms. The lowest BCUT2D eigenvalue weighted by atomic mass is 9.84. The third kappa shape index (κ3) is 5.61. The first-order valence-electron chi connectivity index (χ1n) is 7.93. The first kappa shape index (κ1) is 20.7. The molecule has 0 aromatic heterocycles. The number of carbonyl (C=O) groups is 1. The van der Waals surface area contributed by atoms with Crippen molar-refractivity contribution in [1.82, 2.24) is 5.32 Å². The fraction of sp³-hybridized carbons (Fsp3) is 0.562. The fourth-order valence-corrected chi connectivity index (χ4v) is 3.37. The number of non-ortho nitro benzene ring substituents is 1. The summed E-state index contributed by atoms with van der Waals surface area (Å²) in [6, 6.07) is 4.14. The summed E-state index contributed by atoms with van der Waals surface area (Å²) in [5, 5.41) is 13.9. The molecule has 1 aromatic carbocycles. The molecule has 24 heavy (non-hydrogen) atoms. The van der Waals surface area contributed by atoms with Gasteiger partial charge in [0, 0.05) is 24.7 Å². The van der Waals surface area contributed by atoms with Gasteiger partial charge >= 0.3 is 0 Å². The minimum absolute atomic E-state index is 0. The van der Waals surface area contributed by atoms with Crippen LogP contribution in [0.25, 0.3) is 0 Å². The molecule has 134 valence electrons. The molecular weight excluding hydrogens is 353 g/mol. The number of halogens is 2. The molecule has 1 aliphatic rings. The van der Waals surface area contributed by atoms with Crippen LogP contribution in [0.2, 0.25) is 5.02 Å². The maximum absolute atomic E-state index is 12.2. The van der Waals surface area contributed by atoms with Crippen LogP contribution < -0.4 is 11.1 Å². The van der Waals surface area contributed by atoms with Gasteiger partial charge in [-0.1, -0.05) is 36.9 Å². The van der Waals surface area contributed by atoms with Crippen LogP contribution in [0.4, 0.5) is 5.69 Å². The molecule has 1 saturated carbocycles. The second-order valence-corrected chi connectivity index (χ2v) is 6.42. The van der Waals surface area contributed by atoms with Crippen LogP contribution in [0.1, 0.15) is 37.7 Å². The van der Waals surface area contributed by atoms with Crippen molar-refractivity contribution in [2.45, 2.75) is 44.6 Å². The van der Waals surface area contributed by atoms with Crippen molar-refractivity contribution in [2.24, 2.45) is 11.7 Å². The van der Waals surface area contributed by atoms with Gasteiger partial charge in [-0.3, -0.25) is 14.9 Å². The SMILES string of the molecule is Cl.NCC(NC(=O)Cc1ccc([N+](=O)[O-])cc1Cl)C1CCCCC1. The Morgan fingerprint density at radius 1 is 1.38 bits per heavy atom. The summed E-state index contributed by atoms with van der Waals surface area (Å²) in [7, 11) is 0. The Morgan fingerprint density at radius 2 is 2.04 bits per heavy atom.